The Hall–Kier alpha value is -5.67. The highest BCUT2D eigenvalue weighted by atomic mass is 19.3. The summed E-state index contributed by atoms with van der Waals surface area (Å²) in [6, 6.07) is 12.5. The van der Waals surface area contributed by atoms with Gasteiger partial charge in [0.1, 0.15) is 12.1 Å². The minimum Gasteiger partial charge on any atom is -0.472 e. The van der Waals surface area contributed by atoms with Crippen molar-refractivity contribution in [3.8, 4) is 17.0 Å². The molecular formula is C46H45F3N6O6. The lowest BCUT2D eigenvalue weighted by atomic mass is 9.81. The van der Waals surface area contributed by atoms with E-state index in [1.165, 1.54) is 18.5 Å². The molecule has 2 aromatic carbocycles. The molecule has 0 radical (unpaired) electrons. The molecule has 4 amide bonds. The normalized spacial score (nSPS) is 25.0. The van der Waals surface area contributed by atoms with Crippen molar-refractivity contribution in [2.45, 2.75) is 101 Å². The molecule has 2 aliphatic carbocycles. The van der Waals surface area contributed by atoms with Gasteiger partial charge in [0.05, 0.1) is 34.4 Å². The van der Waals surface area contributed by atoms with Gasteiger partial charge in [0.25, 0.3) is 17.7 Å². The van der Waals surface area contributed by atoms with E-state index >= 15 is 4.39 Å². The molecule has 12 nitrogen and oxygen atoms in total. The quantitative estimate of drug-likeness (QED) is 0.142. The average molecular weight is 835 g/mol. The van der Waals surface area contributed by atoms with Crippen LogP contribution >= 0.6 is 0 Å². The van der Waals surface area contributed by atoms with Gasteiger partial charge in [-0.15, -0.1) is 0 Å². The summed E-state index contributed by atoms with van der Waals surface area (Å²) in [5.41, 5.74) is 3.41. The summed E-state index contributed by atoms with van der Waals surface area (Å²) in [4.78, 5) is 62.4. The van der Waals surface area contributed by atoms with Gasteiger partial charge < -0.3 is 14.4 Å². The van der Waals surface area contributed by atoms with Crippen molar-refractivity contribution in [3.63, 3.8) is 0 Å². The Bertz CT molecular complexity index is 2560. The molecule has 61 heavy (non-hydrogen) atoms. The summed E-state index contributed by atoms with van der Waals surface area (Å²) in [5, 5.41) is 3.51. The topological polar surface area (TPSA) is 136 Å². The molecule has 316 valence electrons. The maximum Gasteiger partial charge on any atom is 0.319 e. The predicted molar refractivity (Wildman–Crippen MR) is 217 cm³/mol. The number of benzene rings is 2. The van der Waals surface area contributed by atoms with Crippen LogP contribution in [-0.2, 0) is 14.3 Å². The first-order valence-corrected chi connectivity index (χ1v) is 21.3. The number of rotatable bonds is 10. The molecule has 1 N–H and O–H groups in total. The fraction of sp³-hybridized carbons (Fsp3) is 0.435. The second-order valence-corrected chi connectivity index (χ2v) is 17.2. The van der Waals surface area contributed by atoms with E-state index in [0.717, 1.165) is 86.0 Å². The highest BCUT2D eigenvalue weighted by molar-refractivity contribution is 6.23. The van der Waals surface area contributed by atoms with Crippen molar-refractivity contribution >= 4 is 45.4 Å². The van der Waals surface area contributed by atoms with Crippen LogP contribution in [0.15, 0.2) is 67.1 Å². The van der Waals surface area contributed by atoms with Crippen LogP contribution < -0.4 is 10.1 Å². The average Bonchev–Trinajstić information content (AvgIpc) is 3.71. The van der Waals surface area contributed by atoms with Gasteiger partial charge in [0, 0.05) is 61.0 Å². The summed E-state index contributed by atoms with van der Waals surface area (Å²) in [5.74, 6) is -1.91. The van der Waals surface area contributed by atoms with Gasteiger partial charge in [-0.25, -0.2) is 9.37 Å². The van der Waals surface area contributed by atoms with E-state index in [9.17, 15) is 28.0 Å². The highest BCUT2D eigenvalue weighted by Gasteiger charge is 2.45. The predicted octanol–water partition coefficient (Wildman–Crippen LogP) is 7.55. The lowest BCUT2D eigenvalue weighted by Crippen LogP contribution is -2.54. The van der Waals surface area contributed by atoms with Gasteiger partial charge >= 0.3 is 6.55 Å². The molecule has 0 bridgehead atoms. The minimum atomic E-state index is -2.75. The zero-order valence-electron chi connectivity index (χ0n) is 33.4. The first-order chi connectivity index (χ1) is 29.6. The third-order valence-electron chi connectivity index (χ3n) is 13.5. The minimum absolute atomic E-state index is 0.0507. The number of alkyl halides is 2. The van der Waals surface area contributed by atoms with E-state index in [1.807, 2.05) is 12.1 Å². The van der Waals surface area contributed by atoms with Crippen LogP contribution in [-0.4, -0.2) is 92.0 Å². The third-order valence-corrected chi connectivity index (χ3v) is 13.5. The van der Waals surface area contributed by atoms with Gasteiger partial charge in [0.2, 0.25) is 11.8 Å². The zero-order chi connectivity index (χ0) is 41.9. The monoisotopic (exact) mass is 834 g/mol. The van der Waals surface area contributed by atoms with Crippen molar-refractivity contribution in [1.29, 1.82) is 0 Å². The van der Waals surface area contributed by atoms with E-state index < -0.39 is 42.0 Å². The molecule has 3 aliphatic heterocycles. The number of carbonyl (C=O) groups excluding carboxylic acids is 4. The molecular weight excluding hydrogens is 790 g/mol. The van der Waals surface area contributed by atoms with Crippen LogP contribution in [0.2, 0.25) is 0 Å². The highest BCUT2D eigenvalue weighted by Crippen LogP contribution is 2.40. The number of fused-ring (bicyclic) bond motifs is 4. The molecule has 5 aromatic rings. The molecule has 1 unspecified atom stereocenters. The Morgan fingerprint density at radius 3 is 2.30 bits per heavy atom. The number of piperidine rings is 2. The summed E-state index contributed by atoms with van der Waals surface area (Å²) >= 11 is 0. The van der Waals surface area contributed by atoms with Crippen molar-refractivity contribution < 1.29 is 41.8 Å². The third kappa shape index (κ3) is 7.45. The molecule has 1 atom stereocenters. The van der Waals surface area contributed by atoms with Gasteiger partial charge in [-0.3, -0.25) is 38.9 Å². The van der Waals surface area contributed by atoms with Gasteiger partial charge in [-0.05, 0) is 111 Å². The molecule has 2 saturated heterocycles. The van der Waals surface area contributed by atoms with Crippen LogP contribution in [0.5, 0.6) is 5.88 Å². The number of hydrogen-bond donors (Lipinski definition) is 1. The molecule has 5 aliphatic rings. The summed E-state index contributed by atoms with van der Waals surface area (Å²) < 4.78 is 57.0. The van der Waals surface area contributed by atoms with Crippen LogP contribution in [0.4, 0.5) is 13.2 Å². The summed E-state index contributed by atoms with van der Waals surface area (Å²) in [7, 11) is 0. The number of ether oxygens (including phenoxy) is 2. The van der Waals surface area contributed by atoms with Crippen LogP contribution in [0, 0.1) is 11.7 Å². The van der Waals surface area contributed by atoms with Gasteiger partial charge in [0.15, 0.2) is 5.82 Å². The molecule has 4 fully saturated rings. The van der Waals surface area contributed by atoms with E-state index in [4.69, 9.17) is 9.47 Å². The number of nitrogens with one attached hydrogen (secondary N) is 1. The Morgan fingerprint density at radius 2 is 1.54 bits per heavy atom. The van der Waals surface area contributed by atoms with E-state index in [2.05, 4.69) is 20.2 Å². The number of pyridine rings is 2. The second-order valence-electron chi connectivity index (χ2n) is 17.2. The van der Waals surface area contributed by atoms with E-state index in [0.29, 0.717) is 50.0 Å². The van der Waals surface area contributed by atoms with Gasteiger partial charge in [-0.1, -0.05) is 18.2 Å². The number of nitrogens with zero attached hydrogens (tertiary/aromatic N) is 5. The number of imide groups is 2. The molecule has 0 spiro atoms. The van der Waals surface area contributed by atoms with E-state index in [-0.39, 0.29) is 43.0 Å². The first kappa shape index (κ1) is 39.5. The number of amides is 4. The zero-order valence-corrected chi connectivity index (χ0v) is 33.4. The molecule has 3 aromatic heterocycles. The number of halogens is 3. The Labute approximate surface area is 349 Å². The van der Waals surface area contributed by atoms with Crippen molar-refractivity contribution in [3.05, 3.63) is 89.6 Å². The standard InChI is InChI=1S/C46H45F3N6O6/c47-37-20-29(28-3-7-33-36-23-50-14-11-38(36)54(46(48)49)40(33)21-28)22-51-43(37)61-32-17-25(18-32)24-53-15-12-31(13-16-53)60-30-5-1-26(2-6-30)27-4-8-34-35(19-27)45(59)55(44(34)58)39-9-10-41(56)52-42(39)57/h3-4,7-8,11,14,19-23,25-26,30-32,39,46H,1-2,5-6,9-10,12-13,15-18,24H2,(H,52,56,57). The van der Waals surface area contributed by atoms with Crippen molar-refractivity contribution in [1.82, 2.24) is 29.7 Å². The molecule has 10 rings (SSSR count). The van der Waals surface area contributed by atoms with Crippen LogP contribution in [0.1, 0.15) is 103 Å². The number of carbonyl (C=O) groups is 4. The fourth-order valence-corrected chi connectivity index (χ4v) is 10.2. The van der Waals surface area contributed by atoms with Crippen molar-refractivity contribution in [2.75, 3.05) is 19.6 Å². The Morgan fingerprint density at radius 1 is 0.770 bits per heavy atom. The fourth-order valence-electron chi connectivity index (χ4n) is 10.2. The molecule has 2 saturated carbocycles. The summed E-state index contributed by atoms with van der Waals surface area (Å²) in [6.07, 6.45) is 12.3. The van der Waals surface area contributed by atoms with Crippen LogP contribution in [0.3, 0.4) is 0 Å². The second kappa shape index (κ2) is 16.0. The van der Waals surface area contributed by atoms with Gasteiger partial charge in [-0.2, -0.15) is 8.78 Å². The number of hydrogen-bond acceptors (Lipinski definition) is 9. The van der Waals surface area contributed by atoms with Crippen molar-refractivity contribution in [2.24, 2.45) is 5.92 Å². The first-order valence-electron chi connectivity index (χ1n) is 21.3. The Kier molecular flexibility index (Phi) is 10.3. The smallest absolute Gasteiger partial charge is 0.319 e. The number of likely N-dealkylation sites (tertiary alicyclic amines) is 1. The maximum absolute atomic E-state index is 15.3. The van der Waals surface area contributed by atoms with Crippen LogP contribution in [0.25, 0.3) is 32.9 Å². The summed E-state index contributed by atoms with van der Waals surface area (Å²) in [6.45, 7) is 0.122. The largest absolute Gasteiger partial charge is 0.472 e. The molecule has 6 heterocycles. The Balaban J connectivity index is 0.661. The SMILES string of the molecule is O=C1CCC(N2C(=O)c3ccc(C4CCC(OC5CCN(CC6CC(Oc7ncc(-c8ccc9c%10cnccc%10n(C(F)F)c9c8)cc7F)C6)CC5)CC4)cc3C2=O)C(=O)N1. The maximum atomic E-state index is 15.3. The van der Waals surface area contributed by atoms with E-state index in [1.54, 1.807) is 36.5 Å². The lowest BCUT2D eigenvalue weighted by molar-refractivity contribution is -0.136. The lowest BCUT2D eigenvalue weighted by Gasteiger charge is -2.41. The number of aromatic nitrogens is 3. The molecule has 15 heteroatoms.